The second-order valence-corrected chi connectivity index (χ2v) is 4.72. The van der Waals surface area contributed by atoms with Gasteiger partial charge in [-0.3, -0.25) is 9.59 Å². The molecule has 0 aliphatic carbocycles. The highest BCUT2D eigenvalue weighted by Crippen LogP contribution is 2.15. The van der Waals surface area contributed by atoms with Gasteiger partial charge in [0.15, 0.2) is 0 Å². The van der Waals surface area contributed by atoms with Gasteiger partial charge in [-0.15, -0.1) is 0 Å². The van der Waals surface area contributed by atoms with Gasteiger partial charge in [0.1, 0.15) is 11.6 Å². The van der Waals surface area contributed by atoms with Crippen molar-refractivity contribution in [2.75, 3.05) is 5.32 Å². The Bertz CT molecular complexity index is 700. The van der Waals surface area contributed by atoms with Gasteiger partial charge in [0.2, 0.25) is 0 Å². The Kier molecular flexibility index (Phi) is 4.83. The summed E-state index contributed by atoms with van der Waals surface area (Å²) in [4.78, 5) is 23.4. The maximum absolute atomic E-state index is 13.0. The summed E-state index contributed by atoms with van der Waals surface area (Å²) in [6.45, 7) is 1.73. The van der Waals surface area contributed by atoms with Crippen LogP contribution >= 0.6 is 0 Å². The number of nitrogens with one attached hydrogen (secondary N) is 2. The molecule has 4 nitrogen and oxygen atoms in total. The molecular weight excluding hydrogens is 290 g/mol. The van der Waals surface area contributed by atoms with E-state index < -0.39 is 17.6 Å². The Morgan fingerprint density at radius 2 is 1.59 bits per heavy atom. The largest absolute Gasteiger partial charge is 0.344 e. The second kappa shape index (κ2) is 6.80. The number of halogens is 2. The molecule has 0 saturated carbocycles. The van der Waals surface area contributed by atoms with Crippen LogP contribution in [0, 0.1) is 18.6 Å². The Labute approximate surface area is 126 Å². The van der Waals surface area contributed by atoms with Crippen molar-refractivity contribution in [1.29, 1.82) is 0 Å². The van der Waals surface area contributed by atoms with Crippen molar-refractivity contribution in [1.82, 2.24) is 5.32 Å². The molecule has 2 N–H and O–H groups in total. The minimum Gasteiger partial charge on any atom is -0.344 e. The summed E-state index contributed by atoms with van der Waals surface area (Å²) >= 11 is 0. The molecule has 2 aromatic carbocycles. The first kappa shape index (κ1) is 15.6. The van der Waals surface area contributed by atoms with Crippen molar-refractivity contribution in [2.45, 2.75) is 13.5 Å². The van der Waals surface area contributed by atoms with Crippen molar-refractivity contribution >= 4 is 17.5 Å². The fraction of sp³-hybridized carbons (Fsp3) is 0.125. The van der Waals surface area contributed by atoms with Gasteiger partial charge < -0.3 is 10.6 Å². The lowest BCUT2D eigenvalue weighted by atomic mass is 10.2. The van der Waals surface area contributed by atoms with Crippen molar-refractivity contribution in [3.05, 3.63) is 65.2 Å². The molecule has 0 spiro atoms. The molecular formula is C16H14F2N2O2. The number of benzene rings is 2. The van der Waals surface area contributed by atoms with Gasteiger partial charge in [-0.2, -0.15) is 0 Å². The van der Waals surface area contributed by atoms with Gasteiger partial charge in [0.25, 0.3) is 0 Å². The zero-order valence-electron chi connectivity index (χ0n) is 11.8. The number of anilines is 1. The van der Waals surface area contributed by atoms with Crippen LogP contribution in [0.5, 0.6) is 0 Å². The van der Waals surface area contributed by atoms with Crippen LogP contribution in [-0.4, -0.2) is 11.8 Å². The van der Waals surface area contributed by atoms with E-state index in [0.29, 0.717) is 16.8 Å². The molecule has 22 heavy (non-hydrogen) atoms. The van der Waals surface area contributed by atoms with Crippen LogP contribution in [0.4, 0.5) is 14.5 Å². The Morgan fingerprint density at radius 1 is 0.955 bits per heavy atom. The van der Waals surface area contributed by atoms with E-state index in [1.807, 2.05) is 0 Å². The molecule has 0 aliphatic rings. The molecule has 2 aromatic rings. The lowest BCUT2D eigenvalue weighted by molar-refractivity contribution is -0.136. The van der Waals surface area contributed by atoms with Crippen molar-refractivity contribution in [3.8, 4) is 0 Å². The van der Waals surface area contributed by atoms with Crippen LogP contribution in [-0.2, 0) is 16.1 Å². The average molecular weight is 304 g/mol. The predicted octanol–water partition coefficient (Wildman–Crippen LogP) is 2.53. The molecule has 114 valence electrons. The summed E-state index contributed by atoms with van der Waals surface area (Å²) in [5, 5.41) is 4.83. The first-order valence-electron chi connectivity index (χ1n) is 6.55. The lowest BCUT2D eigenvalue weighted by Crippen LogP contribution is -2.35. The maximum atomic E-state index is 13.0. The summed E-state index contributed by atoms with van der Waals surface area (Å²) in [6, 6.07) is 9.39. The molecule has 0 unspecified atom stereocenters. The van der Waals surface area contributed by atoms with Crippen LogP contribution in [0.1, 0.15) is 11.1 Å². The highest BCUT2D eigenvalue weighted by molar-refractivity contribution is 6.39. The highest BCUT2D eigenvalue weighted by Gasteiger charge is 2.14. The van der Waals surface area contributed by atoms with Crippen molar-refractivity contribution in [2.24, 2.45) is 0 Å². The summed E-state index contributed by atoms with van der Waals surface area (Å²) in [5.74, 6) is -2.47. The molecule has 0 fully saturated rings. The number of hydrogen-bond acceptors (Lipinski definition) is 2. The third kappa shape index (κ3) is 4.12. The van der Waals surface area contributed by atoms with Crippen molar-refractivity contribution in [3.63, 3.8) is 0 Å². The monoisotopic (exact) mass is 304 g/mol. The normalized spacial score (nSPS) is 10.1. The van der Waals surface area contributed by atoms with Crippen LogP contribution in [0.2, 0.25) is 0 Å². The zero-order valence-corrected chi connectivity index (χ0v) is 11.8. The highest BCUT2D eigenvalue weighted by atomic mass is 19.1. The maximum Gasteiger partial charge on any atom is 0.313 e. The Morgan fingerprint density at radius 3 is 2.23 bits per heavy atom. The van der Waals surface area contributed by atoms with E-state index in [9.17, 15) is 18.4 Å². The van der Waals surface area contributed by atoms with Crippen LogP contribution in [0.15, 0.2) is 42.5 Å². The topological polar surface area (TPSA) is 58.2 Å². The number of rotatable bonds is 3. The molecule has 2 amide bonds. The zero-order chi connectivity index (χ0) is 16.1. The predicted molar refractivity (Wildman–Crippen MR) is 78.0 cm³/mol. The average Bonchev–Trinajstić information content (AvgIpc) is 2.49. The van der Waals surface area contributed by atoms with E-state index in [2.05, 4.69) is 10.6 Å². The van der Waals surface area contributed by atoms with Gasteiger partial charge in [-0.05, 0) is 48.4 Å². The number of amides is 2. The van der Waals surface area contributed by atoms with E-state index in [1.165, 1.54) is 42.5 Å². The first-order valence-corrected chi connectivity index (χ1v) is 6.55. The summed E-state index contributed by atoms with van der Waals surface area (Å²) in [5.41, 5.74) is 1.54. The minimum absolute atomic E-state index is 0.106. The Hall–Kier alpha value is -2.76. The quantitative estimate of drug-likeness (QED) is 0.856. The lowest BCUT2D eigenvalue weighted by Gasteiger charge is -2.09. The molecule has 0 heterocycles. The SMILES string of the molecule is Cc1cc(F)ccc1NC(=O)C(=O)NCc1ccc(F)cc1. The standard InChI is InChI=1S/C16H14F2N2O2/c1-10-8-13(18)6-7-14(10)20-16(22)15(21)19-9-11-2-4-12(17)5-3-11/h2-8H,9H2,1H3,(H,19,21)(H,20,22). The van der Waals surface area contributed by atoms with Crippen molar-refractivity contribution < 1.29 is 18.4 Å². The molecule has 6 heteroatoms. The number of carbonyl (C=O) groups is 2. The second-order valence-electron chi connectivity index (χ2n) is 4.72. The summed E-state index contributed by atoms with van der Waals surface area (Å²) in [6.07, 6.45) is 0. The molecule has 0 aromatic heterocycles. The number of carbonyl (C=O) groups excluding carboxylic acids is 2. The third-order valence-corrected chi connectivity index (χ3v) is 3.01. The molecule has 0 aliphatic heterocycles. The van der Waals surface area contributed by atoms with Gasteiger partial charge in [-0.25, -0.2) is 8.78 Å². The van der Waals surface area contributed by atoms with E-state index in [4.69, 9.17) is 0 Å². The smallest absolute Gasteiger partial charge is 0.313 e. The van der Waals surface area contributed by atoms with E-state index in [1.54, 1.807) is 6.92 Å². The fourth-order valence-electron chi connectivity index (χ4n) is 1.81. The molecule has 0 saturated heterocycles. The summed E-state index contributed by atoms with van der Waals surface area (Å²) in [7, 11) is 0. The summed E-state index contributed by atoms with van der Waals surface area (Å²) < 4.78 is 25.7. The number of hydrogen-bond donors (Lipinski definition) is 2. The number of aryl methyl sites for hydroxylation is 1. The molecule has 0 radical (unpaired) electrons. The third-order valence-electron chi connectivity index (χ3n) is 3.01. The Balaban J connectivity index is 1.92. The van der Waals surface area contributed by atoms with Gasteiger partial charge in [0, 0.05) is 12.2 Å². The molecule has 2 rings (SSSR count). The van der Waals surface area contributed by atoms with Gasteiger partial charge >= 0.3 is 11.8 Å². The van der Waals surface area contributed by atoms with Gasteiger partial charge in [0.05, 0.1) is 0 Å². The van der Waals surface area contributed by atoms with E-state index >= 15 is 0 Å². The van der Waals surface area contributed by atoms with Crippen LogP contribution in [0.25, 0.3) is 0 Å². The molecule has 0 bridgehead atoms. The van der Waals surface area contributed by atoms with E-state index in [0.717, 1.165) is 0 Å². The van der Waals surface area contributed by atoms with Crippen LogP contribution in [0.3, 0.4) is 0 Å². The van der Waals surface area contributed by atoms with Crippen LogP contribution < -0.4 is 10.6 Å². The fourth-order valence-corrected chi connectivity index (χ4v) is 1.81. The molecule has 0 atom stereocenters. The van der Waals surface area contributed by atoms with Gasteiger partial charge in [-0.1, -0.05) is 12.1 Å². The minimum atomic E-state index is -0.850. The van der Waals surface area contributed by atoms with E-state index in [-0.39, 0.29) is 12.4 Å². The first-order chi connectivity index (χ1) is 10.5.